The van der Waals surface area contributed by atoms with Gasteiger partial charge < -0.3 is 140 Å². The van der Waals surface area contributed by atoms with Gasteiger partial charge in [-0.1, -0.05) is 26.8 Å². The number of nitrogens with one attached hydrogen (secondary N) is 4. The van der Waals surface area contributed by atoms with Crippen molar-refractivity contribution in [1.82, 2.24) is 66.1 Å². The van der Waals surface area contributed by atoms with Gasteiger partial charge in [0.15, 0.2) is 85.9 Å². The van der Waals surface area contributed by atoms with Crippen molar-refractivity contribution in [2.24, 2.45) is 15.4 Å². The molecule has 0 spiro atoms. The van der Waals surface area contributed by atoms with Crippen LogP contribution in [0.5, 0.6) is 0 Å². The number of hydrazone groups is 1. The number of hydrogen-bond acceptors (Lipinski definition) is 51. The molecule has 0 radical (unpaired) electrons. The molecule has 2 aromatic rings. The number of carboxylic acid groups (broad SMARTS) is 1. The van der Waals surface area contributed by atoms with Crippen LogP contribution in [0.2, 0.25) is 0 Å². The van der Waals surface area contributed by atoms with Crippen LogP contribution in [-0.4, -0.2) is 447 Å². The number of carbonyl (C=O) groups excluding carboxylic acids is 16. The van der Waals surface area contributed by atoms with Gasteiger partial charge >= 0.3 is 77.6 Å². The first-order valence-corrected chi connectivity index (χ1v) is 48.0. The molecule has 0 saturated carbocycles. The number of amides is 4. The van der Waals surface area contributed by atoms with Gasteiger partial charge in [-0.25, -0.2) is 9.36 Å². The Morgan fingerprint density at radius 2 is 0.732 bits per heavy atom. The predicted octanol–water partition coefficient (Wildman–Crippen LogP) is -3.94. The Balaban J connectivity index is 0.964. The molecule has 6 aliphatic rings. The van der Waals surface area contributed by atoms with Crippen LogP contribution in [0, 0.1) is 0 Å². The van der Waals surface area contributed by atoms with E-state index in [0.29, 0.717) is 49.6 Å². The van der Waals surface area contributed by atoms with Gasteiger partial charge in [0, 0.05) is 143 Å². The number of nitrogens with zero attached hydrogens (tertiary/aromatic N) is 13. The van der Waals surface area contributed by atoms with E-state index in [1.165, 1.54) is 32.4 Å². The van der Waals surface area contributed by atoms with Crippen molar-refractivity contribution in [3.05, 3.63) is 23.8 Å². The van der Waals surface area contributed by atoms with Gasteiger partial charge in [-0.2, -0.15) is 5.11 Å². The molecule has 0 bridgehead atoms. The lowest BCUT2D eigenvalue weighted by molar-refractivity contribution is -0.539. The maximum Gasteiger partial charge on any atom is 0.320 e. The van der Waals surface area contributed by atoms with Crippen LogP contribution in [-0.2, 0) is 221 Å². The first-order chi connectivity index (χ1) is 70.8. The summed E-state index contributed by atoms with van der Waals surface area (Å²) in [5.74, 6) is -12.5. The van der Waals surface area contributed by atoms with Gasteiger partial charge in [0.25, 0.3) is 0 Å². The molecule has 8 rings (SSSR count). The first kappa shape index (κ1) is 122. The molecule has 0 aromatic carbocycles. The van der Waals surface area contributed by atoms with Gasteiger partial charge in [0.2, 0.25) is 30.2 Å². The van der Waals surface area contributed by atoms with Crippen LogP contribution in [0.3, 0.4) is 0 Å². The maximum absolute atomic E-state index is 13.8. The zero-order valence-corrected chi connectivity index (χ0v) is 85.9. The summed E-state index contributed by atoms with van der Waals surface area (Å²) in [6.45, 7) is 17.7. The molecule has 832 valence electrons. The third-order valence-corrected chi connectivity index (χ3v) is 22.2. The Bertz CT molecular complexity index is 4890. The number of aliphatic carboxylic acids is 1. The zero-order chi connectivity index (χ0) is 109. The minimum atomic E-state index is -1.36. The topological polar surface area (TPSA) is 691 Å². The second-order valence-electron chi connectivity index (χ2n) is 34.9. The summed E-state index contributed by atoms with van der Waals surface area (Å²) in [5, 5.41) is 54.8. The van der Waals surface area contributed by atoms with Gasteiger partial charge in [0.1, 0.15) is 93.7 Å². The predicted molar refractivity (Wildman–Crippen MR) is 493 cm³/mol. The standard InChI is InChI=1S/C90H135N17O42/c1-49(108)91-74-82(142-61(13)120)78(138-57(9)116)70(45-134-53(5)112)146-87(74)130-33-29-126-25-21-104-44-68(98-104)40-103(39-67-43-107(101-97-67)24-28-129-32-36-133-90-77(94-52(4)111)85(145-64(16)123)81(141-60(12)119)73(149-90)48-137-56(8)115)69(86(124)125)19-17-18-20-102(37-65-41-105(99-95-65)22-26-127-30-34-131-88-75(92-50(2)109)83(143-62(14)121)79(139-58(10)117)71(147-88)46-135-54(6)113)38-66-42-106(100-96-66)23-27-128-31-35-132-89-76(93-51(3)110)84(144-63(15)122)80(140-59(11)118)72(148-89)47-136-55(7)114/h21,41,43,66,69-85,87-90H,17-20,22-40,42,44-48H2,1-16H3,(H4-,91,92,93,94,108,109,110,111,124,125)/p+1. The first-order valence-electron chi connectivity index (χ1n) is 48.0. The highest BCUT2D eigenvalue weighted by atomic mass is 16.8. The van der Waals surface area contributed by atoms with Crippen LogP contribution in [0.1, 0.15) is 141 Å². The average Bonchev–Trinajstić information content (AvgIpc) is 1.60. The van der Waals surface area contributed by atoms with Crippen LogP contribution >= 0.6 is 0 Å². The molecule has 22 atom stereocenters. The molecular formula is C90H136N17O42+. The molecule has 4 amide bonds. The van der Waals surface area contributed by atoms with Gasteiger partial charge in [-0.05, 0) is 24.5 Å². The lowest BCUT2D eigenvalue weighted by Gasteiger charge is -2.44. The van der Waals surface area contributed by atoms with E-state index in [1.807, 2.05) is 0 Å². The normalized spacial score (nSPS) is 25.4. The van der Waals surface area contributed by atoms with E-state index in [9.17, 15) is 86.6 Å². The van der Waals surface area contributed by atoms with E-state index in [4.69, 9.17) is 114 Å². The van der Waals surface area contributed by atoms with E-state index >= 15 is 0 Å². The molecule has 0 aliphatic carbocycles. The van der Waals surface area contributed by atoms with E-state index in [2.05, 4.69) is 62.2 Å². The summed E-state index contributed by atoms with van der Waals surface area (Å²) >= 11 is 0. The second-order valence-corrected chi connectivity index (χ2v) is 34.9. The molecule has 6 aliphatic heterocycles. The highest BCUT2D eigenvalue weighted by molar-refractivity contribution is 5.90. The SMILES string of the molecule is CC(=O)NC1C(OCCOCC=[N+]2CC(CN(Cc3cn(CCOCCOC4OC(COC(C)=O)C(OC(C)=O)C(OC(C)=O)C4NC(C)=O)nn3)C(CCCCN(Cc3cn(CCOCCOC4OC(COC(C)=O)C(OC(C)=O)C(OC(C)=O)C4NC(C)=O)nn3)CC3CN(CCOCCOC4OC(COC(C)=O)C(OC(C)=O)C(OC(C)=O)C4NC(C)=O)N=N3)C(=O)O)=N2)OC(COC(C)=O)C(OC(C)=O)C1OC(C)=O. The minimum absolute atomic E-state index is 0.0211. The molecule has 2 aromatic heterocycles. The van der Waals surface area contributed by atoms with Gasteiger partial charge in [-0.3, -0.25) is 96.3 Å². The Morgan fingerprint density at radius 3 is 1.05 bits per heavy atom. The van der Waals surface area contributed by atoms with Crippen LogP contribution in [0.15, 0.2) is 27.8 Å². The van der Waals surface area contributed by atoms with E-state index < -0.39 is 262 Å². The quantitative estimate of drug-likeness (QED) is 0.0183. The summed E-state index contributed by atoms with van der Waals surface area (Å²) in [7, 11) is 0. The molecule has 8 heterocycles. The smallest absolute Gasteiger partial charge is 0.320 e. The Kier molecular flexibility index (Phi) is 50.8. The molecule has 59 heteroatoms. The van der Waals surface area contributed by atoms with Crippen molar-refractivity contribution in [2.75, 3.05) is 145 Å². The summed E-state index contributed by atoms with van der Waals surface area (Å²) in [4.78, 5) is 215. The van der Waals surface area contributed by atoms with Crippen molar-refractivity contribution in [2.45, 2.75) is 291 Å². The number of hydrogen-bond donors (Lipinski definition) is 5. The Morgan fingerprint density at radius 1 is 0.409 bits per heavy atom. The molecule has 59 nitrogen and oxygen atoms in total. The largest absolute Gasteiger partial charge is 0.480 e. The van der Waals surface area contributed by atoms with Crippen LogP contribution in [0.4, 0.5) is 0 Å². The highest BCUT2D eigenvalue weighted by Crippen LogP contribution is 2.34. The lowest BCUT2D eigenvalue weighted by Crippen LogP contribution is -2.66. The van der Waals surface area contributed by atoms with Crippen molar-refractivity contribution >= 4 is 113 Å². The fourth-order valence-corrected chi connectivity index (χ4v) is 16.5. The molecule has 149 heavy (non-hydrogen) atoms. The fraction of sp³-hybridized carbons (Fsp3) is 0.744. The third kappa shape index (κ3) is 42.8. The lowest BCUT2D eigenvalue weighted by atomic mass is 9.96. The molecule has 4 saturated heterocycles. The van der Waals surface area contributed by atoms with E-state index in [0.717, 1.165) is 83.1 Å². The molecule has 5 N–H and O–H groups in total. The monoisotopic (exact) mass is 2130 g/mol. The number of carbonyl (C=O) groups is 17. The van der Waals surface area contributed by atoms with Gasteiger partial charge in [0.05, 0.1) is 117 Å². The number of ether oxygens (including phenoxy) is 24. The molecule has 22 unspecified atom stereocenters. The summed E-state index contributed by atoms with van der Waals surface area (Å²) in [5.41, 5.74) is 1.45. The number of carboxylic acids is 1. The fourth-order valence-electron chi connectivity index (χ4n) is 16.5. The van der Waals surface area contributed by atoms with Crippen LogP contribution in [0.25, 0.3) is 0 Å². The average molecular weight is 2130 g/mol. The maximum atomic E-state index is 13.8. The number of aromatic nitrogens is 6. The third-order valence-electron chi connectivity index (χ3n) is 22.2. The van der Waals surface area contributed by atoms with Crippen molar-refractivity contribution in [3.8, 4) is 0 Å². The van der Waals surface area contributed by atoms with Gasteiger partial charge in [-0.15, -0.1) is 10.2 Å². The number of rotatable bonds is 62. The summed E-state index contributed by atoms with van der Waals surface area (Å²) in [6, 6.07) is -6.49. The van der Waals surface area contributed by atoms with Crippen LogP contribution < -0.4 is 21.3 Å². The highest BCUT2D eigenvalue weighted by Gasteiger charge is 2.56. The Labute approximate surface area is 856 Å². The molecule has 4 fully saturated rings. The summed E-state index contributed by atoms with van der Waals surface area (Å²) < 4.78 is 142. The number of esters is 12. The number of unbranched alkanes of at least 4 members (excludes halogenated alkanes) is 1. The summed E-state index contributed by atoms with van der Waals surface area (Å²) in [6.07, 6.45) is -15.2. The van der Waals surface area contributed by atoms with Crippen molar-refractivity contribution in [3.63, 3.8) is 0 Å². The van der Waals surface area contributed by atoms with E-state index in [1.54, 1.807) is 37.9 Å². The minimum Gasteiger partial charge on any atom is -0.480 e. The Hall–Kier alpha value is -12.5. The van der Waals surface area contributed by atoms with Crippen molar-refractivity contribution in [1.29, 1.82) is 0 Å². The zero-order valence-electron chi connectivity index (χ0n) is 85.9. The van der Waals surface area contributed by atoms with E-state index in [-0.39, 0.29) is 132 Å². The molecular weight excluding hydrogens is 1990 g/mol. The van der Waals surface area contributed by atoms with Crippen molar-refractivity contribution < 1.29 is 205 Å². The second kappa shape index (κ2) is 62.2.